The van der Waals surface area contributed by atoms with Gasteiger partial charge in [-0.15, -0.1) is 0 Å². The predicted molar refractivity (Wildman–Crippen MR) is 100 cm³/mol. The van der Waals surface area contributed by atoms with Crippen molar-refractivity contribution in [3.63, 3.8) is 0 Å². The van der Waals surface area contributed by atoms with E-state index in [0.717, 1.165) is 12.5 Å². The molecule has 3 fully saturated rings. The second kappa shape index (κ2) is 7.55. The van der Waals surface area contributed by atoms with E-state index in [1.165, 1.54) is 83.5 Å². The first-order valence-corrected chi connectivity index (χ1v) is 10.0. The summed E-state index contributed by atoms with van der Waals surface area (Å²) < 4.78 is 0. The van der Waals surface area contributed by atoms with Gasteiger partial charge in [-0.3, -0.25) is 4.90 Å². The Morgan fingerprint density at radius 3 is 2.29 bits per heavy atom. The molecule has 4 rings (SSSR count). The molecule has 3 heterocycles. The van der Waals surface area contributed by atoms with E-state index in [9.17, 15) is 0 Å². The second-order valence-electron chi connectivity index (χ2n) is 8.44. The van der Waals surface area contributed by atoms with Gasteiger partial charge < -0.3 is 10.2 Å². The Hall–Kier alpha value is -0.900. The number of nitrogens with one attached hydrogen (secondary N) is 1. The van der Waals surface area contributed by atoms with E-state index in [0.29, 0.717) is 5.41 Å². The van der Waals surface area contributed by atoms with Gasteiger partial charge in [-0.25, -0.2) is 0 Å². The molecular weight excluding hydrogens is 294 g/mol. The number of benzene rings is 1. The molecule has 0 aliphatic carbocycles. The van der Waals surface area contributed by atoms with Gasteiger partial charge in [0.2, 0.25) is 0 Å². The third kappa shape index (κ3) is 4.01. The third-order valence-corrected chi connectivity index (χ3v) is 6.66. The van der Waals surface area contributed by atoms with Crippen LogP contribution in [0.25, 0.3) is 0 Å². The lowest BCUT2D eigenvalue weighted by Gasteiger charge is -2.41. The van der Waals surface area contributed by atoms with Crippen molar-refractivity contribution in [2.75, 3.05) is 45.8 Å². The minimum atomic E-state index is 0.624. The van der Waals surface area contributed by atoms with E-state index in [1.807, 2.05) is 0 Å². The Labute approximate surface area is 147 Å². The van der Waals surface area contributed by atoms with Gasteiger partial charge in [0.15, 0.2) is 0 Å². The van der Waals surface area contributed by atoms with Gasteiger partial charge in [-0.1, -0.05) is 30.3 Å². The zero-order valence-electron chi connectivity index (χ0n) is 15.1. The van der Waals surface area contributed by atoms with Crippen LogP contribution in [-0.2, 0) is 6.54 Å². The lowest BCUT2D eigenvalue weighted by atomic mass is 9.77. The van der Waals surface area contributed by atoms with Crippen molar-refractivity contribution >= 4 is 0 Å². The lowest BCUT2D eigenvalue weighted by molar-refractivity contribution is 0.0898. The van der Waals surface area contributed by atoms with E-state index >= 15 is 0 Å². The van der Waals surface area contributed by atoms with Crippen molar-refractivity contribution in [3.8, 4) is 0 Å². The Balaban J connectivity index is 1.25. The van der Waals surface area contributed by atoms with Gasteiger partial charge in [0, 0.05) is 19.6 Å². The quantitative estimate of drug-likeness (QED) is 0.917. The summed E-state index contributed by atoms with van der Waals surface area (Å²) in [5.74, 6) is 0.943. The summed E-state index contributed by atoms with van der Waals surface area (Å²) in [6.07, 6.45) is 7.02. The largest absolute Gasteiger partial charge is 0.317 e. The topological polar surface area (TPSA) is 18.5 Å². The zero-order chi connectivity index (χ0) is 16.2. The second-order valence-corrected chi connectivity index (χ2v) is 8.44. The fourth-order valence-corrected chi connectivity index (χ4v) is 5.05. The smallest absolute Gasteiger partial charge is 0.0233 e. The van der Waals surface area contributed by atoms with Crippen LogP contribution in [0.1, 0.15) is 37.7 Å². The molecular formula is C21H33N3. The maximum absolute atomic E-state index is 3.49. The van der Waals surface area contributed by atoms with Crippen LogP contribution in [0.15, 0.2) is 30.3 Å². The average molecular weight is 328 g/mol. The number of nitrogens with zero attached hydrogens (tertiary/aromatic N) is 2. The van der Waals surface area contributed by atoms with Gasteiger partial charge in [-0.05, 0) is 81.7 Å². The lowest BCUT2D eigenvalue weighted by Crippen LogP contribution is -2.44. The van der Waals surface area contributed by atoms with Crippen LogP contribution in [0, 0.1) is 11.3 Å². The first kappa shape index (κ1) is 16.6. The molecule has 1 aromatic rings. The molecule has 3 saturated heterocycles. The molecule has 24 heavy (non-hydrogen) atoms. The number of piperidine rings is 2. The SMILES string of the molecule is c1ccc(CN2CCC3(CCN(CC4CCNCC4)CC3)C2)cc1. The number of hydrogen-bond donors (Lipinski definition) is 1. The first-order valence-electron chi connectivity index (χ1n) is 10.0. The minimum absolute atomic E-state index is 0.624. The van der Waals surface area contributed by atoms with Crippen LogP contribution in [0.5, 0.6) is 0 Å². The van der Waals surface area contributed by atoms with Crippen LogP contribution >= 0.6 is 0 Å². The summed E-state index contributed by atoms with van der Waals surface area (Å²) in [6.45, 7) is 10.2. The molecule has 3 nitrogen and oxygen atoms in total. The highest BCUT2D eigenvalue weighted by Crippen LogP contribution is 2.41. The Kier molecular flexibility index (Phi) is 5.21. The Bertz CT molecular complexity index is 501. The predicted octanol–water partition coefficient (Wildman–Crippen LogP) is 2.97. The molecule has 0 amide bonds. The van der Waals surface area contributed by atoms with Crippen LogP contribution in [-0.4, -0.2) is 55.6 Å². The zero-order valence-corrected chi connectivity index (χ0v) is 15.1. The summed E-state index contributed by atoms with van der Waals surface area (Å²) in [4.78, 5) is 5.46. The van der Waals surface area contributed by atoms with E-state index in [1.54, 1.807) is 0 Å². The van der Waals surface area contributed by atoms with Crippen molar-refractivity contribution in [3.05, 3.63) is 35.9 Å². The summed E-state index contributed by atoms with van der Waals surface area (Å²) in [6, 6.07) is 11.0. The number of rotatable bonds is 4. The van der Waals surface area contributed by atoms with E-state index in [2.05, 4.69) is 45.4 Å². The molecule has 1 N–H and O–H groups in total. The third-order valence-electron chi connectivity index (χ3n) is 6.66. The molecule has 0 atom stereocenters. The van der Waals surface area contributed by atoms with E-state index in [4.69, 9.17) is 0 Å². The highest BCUT2D eigenvalue weighted by molar-refractivity contribution is 5.15. The van der Waals surface area contributed by atoms with E-state index < -0.39 is 0 Å². The molecule has 0 aromatic heterocycles. The van der Waals surface area contributed by atoms with Crippen LogP contribution in [0.4, 0.5) is 0 Å². The van der Waals surface area contributed by atoms with Gasteiger partial charge in [-0.2, -0.15) is 0 Å². The van der Waals surface area contributed by atoms with Gasteiger partial charge in [0.05, 0.1) is 0 Å². The monoisotopic (exact) mass is 327 g/mol. The highest BCUT2D eigenvalue weighted by Gasteiger charge is 2.40. The highest BCUT2D eigenvalue weighted by atomic mass is 15.2. The fraction of sp³-hybridized carbons (Fsp3) is 0.714. The van der Waals surface area contributed by atoms with Gasteiger partial charge >= 0.3 is 0 Å². The molecule has 0 unspecified atom stereocenters. The molecule has 1 aromatic carbocycles. The van der Waals surface area contributed by atoms with Gasteiger partial charge in [0.25, 0.3) is 0 Å². The molecule has 3 aliphatic rings. The molecule has 1 spiro atoms. The first-order chi connectivity index (χ1) is 11.8. The maximum Gasteiger partial charge on any atom is 0.0233 e. The number of hydrogen-bond acceptors (Lipinski definition) is 3. The summed E-state index contributed by atoms with van der Waals surface area (Å²) >= 11 is 0. The Morgan fingerprint density at radius 1 is 0.917 bits per heavy atom. The summed E-state index contributed by atoms with van der Waals surface area (Å²) in [7, 11) is 0. The molecule has 3 aliphatic heterocycles. The summed E-state index contributed by atoms with van der Waals surface area (Å²) in [5.41, 5.74) is 2.09. The van der Waals surface area contributed by atoms with Crippen molar-refractivity contribution < 1.29 is 0 Å². The molecule has 0 radical (unpaired) electrons. The van der Waals surface area contributed by atoms with Gasteiger partial charge in [0.1, 0.15) is 0 Å². The van der Waals surface area contributed by atoms with Crippen molar-refractivity contribution in [2.45, 2.75) is 38.6 Å². The van der Waals surface area contributed by atoms with E-state index in [-0.39, 0.29) is 0 Å². The molecule has 0 saturated carbocycles. The maximum atomic E-state index is 3.49. The fourth-order valence-electron chi connectivity index (χ4n) is 5.05. The standard InChI is InChI=1S/C21H33N3/c1-2-4-19(5-3-1)17-24-15-10-21(18-24)8-13-23(14-9-21)16-20-6-11-22-12-7-20/h1-5,20,22H,6-18H2. The normalized spacial score (nSPS) is 26.2. The Morgan fingerprint density at radius 2 is 1.58 bits per heavy atom. The van der Waals surface area contributed by atoms with Crippen LogP contribution < -0.4 is 5.32 Å². The van der Waals surface area contributed by atoms with Crippen molar-refractivity contribution in [2.24, 2.45) is 11.3 Å². The average Bonchev–Trinajstić information content (AvgIpc) is 3.01. The van der Waals surface area contributed by atoms with Crippen LogP contribution in [0.3, 0.4) is 0 Å². The summed E-state index contributed by atoms with van der Waals surface area (Å²) in [5, 5.41) is 3.49. The molecule has 3 heteroatoms. The minimum Gasteiger partial charge on any atom is -0.317 e. The molecule has 132 valence electrons. The van der Waals surface area contributed by atoms with Crippen molar-refractivity contribution in [1.29, 1.82) is 0 Å². The number of likely N-dealkylation sites (tertiary alicyclic amines) is 2. The van der Waals surface area contributed by atoms with Crippen molar-refractivity contribution in [1.82, 2.24) is 15.1 Å². The van der Waals surface area contributed by atoms with Crippen LogP contribution in [0.2, 0.25) is 0 Å². The molecule has 0 bridgehead atoms.